The largest absolute Gasteiger partial charge is 0.416 e. The molecular weight excluding hydrogens is 367 g/mol. The van der Waals surface area contributed by atoms with Crippen molar-refractivity contribution in [1.29, 1.82) is 0 Å². The van der Waals surface area contributed by atoms with Crippen LogP contribution in [0.3, 0.4) is 0 Å². The topological polar surface area (TPSA) is 113 Å². The lowest BCUT2D eigenvalue weighted by atomic mass is 10.0. The summed E-state index contributed by atoms with van der Waals surface area (Å²) in [6, 6.07) is 2.13. The van der Waals surface area contributed by atoms with Crippen LogP contribution in [-0.2, 0) is 27.0 Å². The van der Waals surface area contributed by atoms with Crippen LogP contribution < -0.4 is 11.1 Å². The highest BCUT2D eigenvalue weighted by Gasteiger charge is 2.38. The fraction of sp³-hybridized carbons (Fsp3) is 0.471. The third-order valence-corrected chi connectivity index (χ3v) is 4.34. The molecule has 0 saturated carbocycles. The standard InChI is InChI=1S/C17H20F3N3O4/c1-9(24)23-8-12(25)7-14(23)16(27)22-13(15(21)26)6-10-3-2-4-11(5-10)17(18,19)20/h2-5,12-14,25H,6-8H2,1H3,(H2,21,26)(H,22,27)/t12-,13+,14+/m1/s1. The molecule has 1 aromatic carbocycles. The van der Waals surface area contributed by atoms with Gasteiger partial charge in [-0.1, -0.05) is 18.2 Å². The maximum Gasteiger partial charge on any atom is 0.416 e. The predicted molar refractivity (Wildman–Crippen MR) is 88.1 cm³/mol. The van der Waals surface area contributed by atoms with Crippen LogP contribution in [0.4, 0.5) is 13.2 Å². The van der Waals surface area contributed by atoms with Crippen LogP contribution >= 0.6 is 0 Å². The minimum Gasteiger partial charge on any atom is -0.391 e. The Morgan fingerprint density at radius 1 is 1.37 bits per heavy atom. The lowest BCUT2D eigenvalue weighted by molar-refractivity contribution is -0.138. The summed E-state index contributed by atoms with van der Waals surface area (Å²) in [7, 11) is 0. The molecule has 4 N–H and O–H groups in total. The molecule has 0 radical (unpaired) electrons. The van der Waals surface area contributed by atoms with E-state index in [0.717, 1.165) is 12.1 Å². The summed E-state index contributed by atoms with van der Waals surface area (Å²) in [5, 5.41) is 12.1. The maximum absolute atomic E-state index is 12.8. The third-order valence-electron chi connectivity index (χ3n) is 4.34. The molecule has 1 saturated heterocycles. The molecule has 0 bridgehead atoms. The third kappa shape index (κ3) is 5.19. The second kappa shape index (κ2) is 7.95. The Kier molecular flexibility index (Phi) is 6.09. The SMILES string of the molecule is CC(=O)N1C[C@H](O)C[C@H]1C(=O)N[C@@H](Cc1cccc(C(F)(F)F)c1)C(N)=O. The van der Waals surface area contributed by atoms with Crippen molar-refractivity contribution in [2.45, 2.75) is 44.1 Å². The molecule has 1 heterocycles. The maximum atomic E-state index is 12.8. The molecule has 7 nitrogen and oxygen atoms in total. The lowest BCUT2D eigenvalue weighted by Crippen LogP contribution is -2.52. The van der Waals surface area contributed by atoms with Crippen LogP contribution in [0.15, 0.2) is 24.3 Å². The van der Waals surface area contributed by atoms with Gasteiger partial charge in [-0.05, 0) is 11.6 Å². The fourth-order valence-corrected chi connectivity index (χ4v) is 3.01. The van der Waals surface area contributed by atoms with Gasteiger partial charge in [0.25, 0.3) is 0 Å². The van der Waals surface area contributed by atoms with Gasteiger partial charge in [0, 0.05) is 26.3 Å². The Hall–Kier alpha value is -2.62. The summed E-state index contributed by atoms with van der Waals surface area (Å²) in [5.74, 6) is -2.04. The van der Waals surface area contributed by atoms with Crippen molar-refractivity contribution >= 4 is 17.7 Å². The molecule has 0 spiro atoms. The second-order valence-electron chi connectivity index (χ2n) is 6.44. The van der Waals surface area contributed by atoms with Gasteiger partial charge in [0.15, 0.2) is 0 Å². The average Bonchev–Trinajstić information content (AvgIpc) is 2.96. The second-order valence-corrected chi connectivity index (χ2v) is 6.44. The molecule has 0 aliphatic carbocycles. The van der Waals surface area contributed by atoms with Gasteiger partial charge >= 0.3 is 6.18 Å². The summed E-state index contributed by atoms with van der Waals surface area (Å²) >= 11 is 0. The van der Waals surface area contributed by atoms with E-state index in [-0.39, 0.29) is 24.9 Å². The van der Waals surface area contributed by atoms with E-state index in [1.54, 1.807) is 0 Å². The van der Waals surface area contributed by atoms with E-state index < -0.39 is 47.6 Å². The molecule has 3 amide bonds. The highest BCUT2D eigenvalue weighted by molar-refractivity contribution is 5.91. The van der Waals surface area contributed by atoms with Gasteiger partial charge in [-0.15, -0.1) is 0 Å². The number of nitrogens with one attached hydrogen (secondary N) is 1. The van der Waals surface area contributed by atoms with Crippen molar-refractivity contribution in [2.75, 3.05) is 6.54 Å². The van der Waals surface area contributed by atoms with Gasteiger partial charge in [-0.3, -0.25) is 14.4 Å². The quantitative estimate of drug-likeness (QED) is 0.670. The summed E-state index contributed by atoms with van der Waals surface area (Å²) in [4.78, 5) is 36.9. The molecule has 1 aliphatic heterocycles. The summed E-state index contributed by atoms with van der Waals surface area (Å²) in [6.45, 7) is 1.23. The molecule has 3 atom stereocenters. The number of β-amino-alcohol motifs (C(OH)–C–C–N with tert-alkyl or cyclic N) is 1. The Labute approximate surface area is 153 Å². The number of aliphatic hydroxyl groups is 1. The highest BCUT2D eigenvalue weighted by Crippen LogP contribution is 2.29. The Morgan fingerprint density at radius 2 is 2.04 bits per heavy atom. The van der Waals surface area contributed by atoms with Crippen LogP contribution in [0.1, 0.15) is 24.5 Å². The van der Waals surface area contributed by atoms with Gasteiger partial charge in [-0.25, -0.2) is 0 Å². The number of benzene rings is 1. The number of nitrogens with two attached hydrogens (primary N) is 1. The summed E-state index contributed by atoms with van der Waals surface area (Å²) in [5.41, 5.74) is 4.56. The first kappa shape index (κ1) is 20.7. The number of alkyl halides is 3. The zero-order valence-electron chi connectivity index (χ0n) is 14.5. The Balaban J connectivity index is 2.13. The number of carbonyl (C=O) groups excluding carboxylic acids is 3. The monoisotopic (exact) mass is 387 g/mol. The number of hydrogen-bond acceptors (Lipinski definition) is 4. The fourth-order valence-electron chi connectivity index (χ4n) is 3.01. The van der Waals surface area contributed by atoms with Crippen LogP contribution in [0, 0.1) is 0 Å². The van der Waals surface area contributed by atoms with Crippen molar-refractivity contribution < 1.29 is 32.7 Å². The molecule has 2 rings (SSSR count). The van der Waals surface area contributed by atoms with Gasteiger partial charge < -0.3 is 21.1 Å². The number of halogens is 3. The summed E-state index contributed by atoms with van der Waals surface area (Å²) in [6.07, 6.45) is -5.65. The zero-order chi connectivity index (χ0) is 20.4. The van der Waals surface area contributed by atoms with Gasteiger partial charge in [-0.2, -0.15) is 13.2 Å². The molecule has 27 heavy (non-hydrogen) atoms. The Bertz CT molecular complexity index is 738. The molecule has 1 aromatic rings. The number of aliphatic hydroxyl groups excluding tert-OH is 1. The smallest absolute Gasteiger partial charge is 0.391 e. The van der Waals surface area contributed by atoms with E-state index in [9.17, 15) is 32.7 Å². The first-order chi connectivity index (χ1) is 12.5. The molecule has 1 fully saturated rings. The minimum absolute atomic E-state index is 0.000450. The molecule has 148 valence electrons. The van der Waals surface area contributed by atoms with E-state index in [1.165, 1.54) is 24.0 Å². The van der Waals surface area contributed by atoms with E-state index in [2.05, 4.69) is 5.32 Å². The van der Waals surface area contributed by atoms with Crippen molar-refractivity contribution in [3.05, 3.63) is 35.4 Å². The number of likely N-dealkylation sites (tertiary alicyclic amines) is 1. The number of hydrogen-bond donors (Lipinski definition) is 3. The Morgan fingerprint density at radius 3 is 2.59 bits per heavy atom. The molecule has 1 aliphatic rings. The number of rotatable bonds is 5. The average molecular weight is 387 g/mol. The van der Waals surface area contributed by atoms with E-state index >= 15 is 0 Å². The summed E-state index contributed by atoms with van der Waals surface area (Å²) < 4.78 is 38.4. The lowest BCUT2D eigenvalue weighted by Gasteiger charge is -2.24. The van der Waals surface area contributed by atoms with Gasteiger partial charge in [0.05, 0.1) is 11.7 Å². The highest BCUT2D eigenvalue weighted by atomic mass is 19.4. The van der Waals surface area contributed by atoms with Crippen molar-refractivity contribution in [3.63, 3.8) is 0 Å². The van der Waals surface area contributed by atoms with Crippen LogP contribution in [-0.4, -0.2) is 52.5 Å². The first-order valence-electron chi connectivity index (χ1n) is 8.20. The van der Waals surface area contributed by atoms with E-state index in [4.69, 9.17) is 5.73 Å². The van der Waals surface area contributed by atoms with Crippen LogP contribution in [0.5, 0.6) is 0 Å². The molecular formula is C17H20F3N3O4. The number of amides is 3. The van der Waals surface area contributed by atoms with Gasteiger partial charge in [0.1, 0.15) is 12.1 Å². The van der Waals surface area contributed by atoms with Crippen molar-refractivity contribution in [2.24, 2.45) is 5.73 Å². The normalized spacial score (nSPS) is 21.0. The zero-order valence-corrected chi connectivity index (χ0v) is 14.5. The number of primary amides is 1. The van der Waals surface area contributed by atoms with Crippen LogP contribution in [0.25, 0.3) is 0 Å². The van der Waals surface area contributed by atoms with E-state index in [1.807, 2.05) is 0 Å². The van der Waals surface area contributed by atoms with Crippen LogP contribution in [0.2, 0.25) is 0 Å². The minimum atomic E-state index is -4.54. The molecule has 10 heteroatoms. The first-order valence-corrected chi connectivity index (χ1v) is 8.20. The molecule has 0 unspecified atom stereocenters. The van der Waals surface area contributed by atoms with Crippen molar-refractivity contribution in [1.82, 2.24) is 10.2 Å². The number of nitrogens with zero attached hydrogens (tertiary/aromatic N) is 1. The predicted octanol–water partition coefficient (Wildman–Crippen LogP) is 0.200. The van der Waals surface area contributed by atoms with Gasteiger partial charge in [0.2, 0.25) is 17.7 Å². The van der Waals surface area contributed by atoms with Crippen molar-refractivity contribution in [3.8, 4) is 0 Å². The van der Waals surface area contributed by atoms with E-state index in [0.29, 0.717) is 0 Å². The number of carbonyl (C=O) groups is 3. The molecule has 0 aromatic heterocycles.